The second-order valence-corrected chi connectivity index (χ2v) is 8.77. The Bertz CT molecular complexity index is 891. The quantitative estimate of drug-likeness (QED) is 0.736. The molecule has 0 aliphatic carbocycles. The minimum absolute atomic E-state index is 0.00499. The van der Waals surface area contributed by atoms with Gasteiger partial charge in [-0.3, -0.25) is 14.4 Å². The average Bonchev–Trinajstić information content (AvgIpc) is 3.20. The van der Waals surface area contributed by atoms with E-state index in [0.717, 1.165) is 12.8 Å². The van der Waals surface area contributed by atoms with Crippen LogP contribution in [0.25, 0.3) is 0 Å². The molecular formula is C23H30N4O3. The Hall–Kier alpha value is -2.96. The fourth-order valence-corrected chi connectivity index (χ4v) is 3.51. The van der Waals surface area contributed by atoms with Crippen LogP contribution < -0.4 is 5.32 Å². The maximum Gasteiger partial charge on any atom is 0.230 e. The van der Waals surface area contributed by atoms with E-state index >= 15 is 0 Å². The first kappa shape index (κ1) is 21.7. The van der Waals surface area contributed by atoms with Gasteiger partial charge < -0.3 is 10.2 Å². The summed E-state index contributed by atoms with van der Waals surface area (Å²) in [6.07, 6.45) is 3.67. The van der Waals surface area contributed by atoms with Crippen molar-refractivity contribution in [2.24, 2.45) is 5.41 Å². The molecule has 0 atom stereocenters. The number of likely N-dealkylation sites (tertiary alicyclic amines) is 1. The minimum atomic E-state index is -0.484. The highest BCUT2D eigenvalue weighted by atomic mass is 16.2. The predicted molar refractivity (Wildman–Crippen MR) is 115 cm³/mol. The molecule has 2 heterocycles. The second-order valence-electron chi connectivity index (χ2n) is 8.77. The van der Waals surface area contributed by atoms with Crippen molar-refractivity contribution in [2.45, 2.75) is 52.5 Å². The highest BCUT2D eigenvalue weighted by Crippen LogP contribution is 2.27. The van der Waals surface area contributed by atoms with Crippen LogP contribution in [-0.2, 0) is 9.59 Å². The Morgan fingerprint density at radius 3 is 2.33 bits per heavy atom. The van der Waals surface area contributed by atoms with E-state index in [0.29, 0.717) is 24.5 Å². The summed E-state index contributed by atoms with van der Waals surface area (Å²) in [6, 6.07) is 11.0. The molecule has 7 heteroatoms. The van der Waals surface area contributed by atoms with Gasteiger partial charge in [-0.25, -0.2) is 4.68 Å². The van der Waals surface area contributed by atoms with E-state index in [1.165, 1.54) is 0 Å². The van der Waals surface area contributed by atoms with Gasteiger partial charge in [0, 0.05) is 43.0 Å². The number of hydrogen-bond acceptors (Lipinski definition) is 4. The van der Waals surface area contributed by atoms with E-state index in [1.54, 1.807) is 24.4 Å². The van der Waals surface area contributed by atoms with Crippen LogP contribution in [-0.4, -0.2) is 45.4 Å². The molecule has 0 saturated carbocycles. The van der Waals surface area contributed by atoms with Gasteiger partial charge in [0.05, 0.1) is 12.2 Å². The van der Waals surface area contributed by atoms with Crippen molar-refractivity contribution < 1.29 is 14.4 Å². The van der Waals surface area contributed by atoms with Gasteiger partial charge in [-0.1, -0.05) is 51.1 Å². The molecule has 1 aromatic heterocycles. The molecule has 7 nitrogen and oxygen atoms in total. The lowest BCUT2D eigenvalue weighted by molar-refractivity contribution is -0.132. The van der Waals surface area contributed by atoms with Crippen LogP contribution in [0.5, 0.6) is 0 Å². The number of hydrogen-bond donors (Lipinski definition) is 1. The number of rotatable bonds is 6. The van der Waals surface area contributed by atoms with Gasteiger partial charge in [-0.15, -0.1) is 0 Å². The van der Waals surface area contributed by atoms with Crippen LogP contribution in [0.2, 0.25) is 0 Å². The van der Waals surface area contributed by atoms with Gasteiger partial charge in [-0.05, 0) is 12.8 Å². The normalized spacial score (nSPS) is 15.1. The molecule has 3 rings (SSSR count). The topological polar surface area (TPSA) is 84.3 Å². The number of nitrogens with zero attached hydrogens (tertiary/aromatic N) is 3. The van der Waals surface area contributed by atoms with E-state index in [1.807, 2.05) is 48.6 Å². The molecule has 0 bridgehead atoms. The summed E-state index contributed by atoms with van der Waals surface area (Å²) in [5.74, 6) is 0.641. The largest absolute Gasteiger partial charge is 0.343 e. The summed E-state index contributed by atoms with van der Waals surface area (Å²) >= 11 is 0. The Morgan fingerprint density at radius 1 is 1.03 bits per heavy atom. The highest BCUT2D eigenvalue weighted by Gasteiger charge is 2.27. The van der Waals surface area contributed by atoms with E-state index < -0.39 is 5.41 Å². The summed E-state index contributed by atoms with van der Waals surface area (Å²) in [7, 11) is 0. The zero-order chi connectivity index (χ0) is 21.7. The van der Waals surface area contributed by atoms with Crippen molar-refractivity contribution in [2.75, 3.05) is 18.4 Å². The third-order valence-electron chi connectivity index (χ3n) is 5.42. The molecule has 0 spiro atoms. The van der Waals surface area contributed by atoms with Crippen LogP contribution >= 0.6 is 0 Å². The Labute approximate surface area is 177 Å². The Balaban J connectivity index is 1.50. The summed E-state index contributed by atoms with van der Waals surface area (Å²) in [5, 5.41) is 7.35. The highest BCUT2D eigenvalue weighted by molar-refractivity contribution is 5.98. The van der Waals surface area contributed by atoms with Crippen LogP contribution in [0.3, 0.4) is 0 Å². The number of anilines is 1. The third kappa shape index (κ3) is 5.34. The maximum atomic E-state index is 12.5. The van der Waals surface area contributed by atoms with Crippen LogP contribution in [0, 0.1) is 5.41 Å². The molecule has 1 saturated heterocycles. The number of benzene rings is 1. The second kappa shape index (κ2) is 9.24. The van der Waals surface area contributed by atoms with Crippen LogP contribution in [0.15, 0.2) is 42.6 Å². The number of amides is 2. The fraction of sp³-hybridized carbons (Fsp3) is 0.478. The number of ketones is 1. The van der Waals surface area contributed by atoms with E-state index in [9.17, 15) is 14.4 Å². The number of piperidine rings is 1. The monoisotopic (exact) mass is 410 g/mol. The summed E-state index contributed by atoms with van der Waals surface area (Å²) in [4.78, 5) is 38.9. The van der Waals surface area contributed by atoms with Gasteiger partial charge in [0.2, 0.25) is 11.8 Å². The van der Waals surface area contributed by atoms with E-state index in [4.69, 9.17) is 0 Å². The zero-order valence-electron chi connectivity index (χ0n) is 17.9. The summed E-state index contributed by atoms with van der Waals surface area (Å²) in [5.41, 5.74) is 0.162. The number of Topliss-reactive ketones (excluding diaryl/α,β-unsaturated/α-hetero) is 1. The molecule has 2 amide bonds. The lowest BCUT2D eigenvalue weighted by Gasteiger charge is -2.33. The van der Waals surface area contributed by atoms with Crippen molar-refractivity contribution in [1.82, 2.24) is 14.7 Å². The first-order valence-electron chi connectivity index (χ1n) is 10.5. The standard InChI is InChI=1S/C23H30N4O3/c1-23(2,3)22(30)25-20-11-14-24-27(20)18-12-15-26(16-13-18)21(29)10-9-19(28)17-7-5-4-6-8-17/h4-8,11,14,18H,9-10,12-13,15-16H2,1-3H3,(H,25,30). The Morgan fingerprint density at radius 2 is 1.70 bits per heavy atom. The van der Waals surface area contributed by atoms with Crippen LogP contribution in [0.1, 0.15) is 62.9 Å². The molecule has 30 heavy (non-hydrogen) atoms. The third-order valence-corrected chi connectivity index (χ3v) is 5.42. The first-order valence-corrected chi connectivity index (χ1v) is 10.5. The molecule has 160 valence electrons. The first-order chi connectivity index (χ1) is 14.3. The van der Waals surface area contributed by atoms with E-state index in [2.05, 4.69) is 10.4 Å². The lowest BCUT2D eigenvalue weighted by atomic mass is 9.96. The number of aromatic nitrogens is 2. The van der Waals surface area contributed by atoms with Gasteiger partial charge in [0.1, 0.15) is 5.82 Å². The van der Waals surface area contributed by atoms with Gasteiger partial charge in [-0.2, -0.15) is 5.10 Å². The number of carbonyl (C=O) groups is 3. The van der Waals surface area contributed by atoms with Gasteiger partial charge >= 0.3 is 0 Å². The number of nitrogens with one attached hydrogen (secondary N) is 1. The molecule has 1 N–H and O–H groups in total. The lowest BCUT2D eigenvalue weighted by Crippen LogP contribution is -2.39. The molecule has 2 aromatic rings. The minimum Gasteiger partial charge on any atom is -0.343 e. The van der Waals surface area contributed by atoms with Gasteiger partial charge in [0.15, 0.2) is 5.78 Å². The van der Waals surface area contributed by atoms with Crippen molar-refractivity contribution in [1.29, 1.82) is 0 Å². The average molecular weight is 411 g/mol. The summed E-state index contributed by atoms with van der Waals surface area (Å²) in [6.45, 7) is 6.85. The number of carbonyl (C=O) groups excluding carboxylic acids is 3. The maximum absolute atomic E-state index is 12.5. The van der Waals surface area contributed by atoms with Crippen LogP contribution in [0.4, 0.5) is 5.82 Å². The van der Waals surface area contributed by atoms with Crippen molar-refractivity contribution in [3.8, 4) is 0 Å². The predicted octanol–water partition coefficient (Wildman–Crippen LogP) is 3.69. The molecular weight excluding hydrogens is 380 g/mol. The zero-order valence-corrected chi connectivity index (χ0v) is 17.9. The van der Waals surface area contributed by atoms with Crippen molar-refractivity contribution in [3.05, 3.63) is 48.2 Å². The molecule has 1 aliphatic rings. The molecule has 1 fully saturated rings. The van der Waals surface area contributed by atoms with Crippen molar-refractivity contribution >= 4 is 23.4 Å². The van der Waals surface area contributed by atoms with Gasteiger partial charge in [0.25, 0.3) is 0 Å². The van der Waals surface area contributed by atoms with E-state index in [-0.39, 0.29) is 36.5 Å². The van der Waals surface area contributed by atoms with Crippen molar-refractivity contribution in [3.63, 3.8) is 0 Å². The molecule has 1 aromatic carbocycles. The molecule has 1 aliphatic heterocycles. The smallest absolute Gasteiger partial charge is 0.230 e. The molecule has 0 radical (unpaired) electrons. The summed E-state index contributed by atoms with van der Waals surface area (Å²) < 4.78 is 1.85. The Kier molecular flexibility index (Phi) is 6.70. The SMILES string of the molecule is CC(C)(C)C(=O)Nc1ccnn1C1CCN(C(=O)CCC(=O)c2ccccc2)CC1. The molecule has 0 unspecified atom stereocenters. The fourth-order valence-electron chi connectivity index (χ4n) is 3.51.